The van der Waals surface area contributed by atoms with Gasteiger partial charge in [0, 0.05) is 19.2 Å². The molecule has 6 nitrogen and oxygen atoms in total. The third kappa shape index (κ3) is 3.01. The highest BCUT2D eigenvalue weighted by Gasteiger charge is 2.26. The number of amides is 1. The van der Waals surface area contributed by atoms with Crippen molar-refractivity contribution in [2.45, 2.75) is 26.3 Å². The van der Waals surface area contributed by atoms with E-state index in [-0.39, 0.29) is 11.9 Å². The summed E-state index contributed by atoms with van der Waals surface area (Å²) in [4.78, 5) is 14.8. The van der Waals surface area contributed by atoms with Crippen molar-refractivity contribution < 1.29 is 14.3 Å². The van der Waals surface area contributed by atoms with Crippen molar-refractivity contribution in [3.05, 3.63) is 41.7 Å². The highest BCUT2D eigenvalue weighted by Crippen LogP contribution is 2.25. The molecule has 0 saturated carbocycles. The summed E-state index contributed by atoms with van der Waals surface area (Å²) in [7, 11) is 1.63. The Labute approximate surface area is 142 Å². The Balaban J connectivity index is 1.93. The van der Waals surface area contributed by atoms with Crippen LogP contribution in [0.15, 0.2) is 30.5 Å². The van der Waals surface area contributed by atoms with Crippen LogP contribution in [-0.4, -0.2) is 53.5 Å². The lowest BCUT2D eigenvalue weighted by molar-refractivity contribution is 0.0686. The van der Waals surface area contributed by atoms with Crippen LogP contribution in [-0.2, 0) is 4.74 Å². The number of carbonyl (C=O) groups excluding carboxylic acids is 1. The second kappa shape index (κ2) is 7.05. The fourth-order valence-corrected chi connectivity index (χ4v) is 3.02. The fraction of sp³-hybridized carbons (Fsp3) is 0.444. The number of nitrogens with zero attached hydrogens (tertiary/aromatic N) is 3. The molecule has 0 spiro atoms. The number of benzene rings is 1. The number of aromatic nitrogens is 2. The van der Waals surface area contributed by atoms with Crippen molar-refractivity contribution in [1.29, 1.82) is 0 Å². The van der Waals surface area contributed by atoms with Gasteiger partial charge in [0.25, 0.3) is 5.91 Å². The number of hydrogen-bond acceptors (Lipinski definition) is 4. The maximum atomic E-state index is 13.0. The van der Waals surface area contributed by atoms with Gasteiger partial charge in [-0.3, -0.25) is 4.79 Å². The van der Waals surface area contributed by atoms with Crippen LogP contribution in [0.3, 0.4) is 0 Å². The van der Waals surface area contributed by atoms with Crippen molar-refractivity contribution in [2.75, 3.05) is 26.9 Å². The SMILES string of the molecule is COc1ccccc1-n1ncc(C(=O)N2CCOCCC2C)c1C. The van der Waals surface area contributed by atoms with Gasteiger partial charge in [0.1, 0.15) is 11.4 Å². The van der Waals surface area contributed by atoms with E-state index in [0.717, 1.165) is 23.6 Å². The lowest BCUT2D eigenvalue weighted by Gasteiger charge is -2.26. The van der Waals surface area contributed by atoms with Crippen LogP contribution in [0.2, 0.25) is 0 Å². The van der Waals surface area contributed by atoms with E-state index in [9.17, 15) is 4.79 Å². The minimum atomic E-state index is 0.00616. The van der Waals surface area contributed by atoms with Crippen LogP contribution in [0, 0.1) is 6.92 Å². The molecule has 1 amide bonds. The summed E-state index contributed by atoms with van der Waals surface area (Å²) in [6.45, 7) is 5.86. The first-order chi connectivity index (χ1) is 11.6. The first-order valence-corrected chi connectivity index (χ1v) is 8.20. The molecule has 0 aliphatic carbocycles. The summed E-state index contributed by atoms with van der Waals surface area (Å²) >= 11 is 0. The Morgan fingerprint density at radius 3 is 2.92 bits per heavy atom. The largest absolute Gasteiger partial charge is 0.494 e. The van der Waals surface area contributed by atoms with E-state index in [4.69, 9.17) is 9.47 Å². The van der Waals surface area contributed by atoms with Crippen molar-refractivity contribution in [2.24, 2.45) is 0 Å². The Morgan fingerprint density at radius 2 is 2.12 bits per heavy atom. The number of carbonyl (C=O) groups is 1. The summed E-state index contributed by atoms with van der Waals surface area (Å²) in [5.41, 5.74) is 2.25. The maximum absolute atomic E-state index is 13.0. The third-order valence-electron chi connectivity index (χ3n) is 4.50. The van der Waals surface area contributed by atoms with Gasteiger partial charge in [-0.15, -0.1) is 0 Å². The fourth-order valence-electron chi connectivity index (χ4n) is 3.02. The number of ether oxygens (including phenoxy) is 2. The zero-order valence-electron chi connectivity index (χ0n) is 14.4. The van der Waals surface area contributed by atoms with E-state index >= 15 is 0 Å². The number of para-hydroxylation sites is 2. The number of rotatable bonds is 3. The van der Waals surface area contributed by atoms with Crippen molar-refractivity contribution in [3.63, 3.8) is 0 Å². The standard InChI is InChI=1S/C18H23N3O3/c1-13-8-10-24-11-9-20(13)18(22)15-12-19-21(14(15)2)16-6-4-5-7-17(16)23-3/h4-7,12-13H,8-11H2,1-3H3. The van der Waals surface area contributed by atoms with Crippen LogP contribution in [0.1, 0.15) is 29.4 Å². The molecule has 0 bridgehead atoms. The molecule has 1 aromatic heterocycles. The van der Waals surface area contributed by atoms with Gasteiger partial charge in [0.2, 0.25) is 0 Å². The Hall–Kier alpha value is -2.34. The minimum Gasteiger partial charge on any atom is -0.494 e. The second-order valence-corrected chi connectivity index (χ2v) is 5.98. The predicted octanol–water partition coefficient (Wildman–Crippen LogP) is 2.44. The molecule has 1 saturated heterocycles. The van der Waals surface area contributed by atoms with Gasteiger partial charge < -0.3 is 14.4 Å². The molecule has 1 fully saturated rings. The molecule has 2 aromatic rings. The van der Waals surface area contributed by atoms with Gasteiger partial charge in [-0.25, -0.2) is 4.68 Å². The molecule has 3 rings (SSSR count). The van der Waals surface area contributed by atoms with E-state index in [1.165, 1.54) is 0 Å². The van der Waals surface area contributed by atoms with Gasteiger partial charge in [-0.05, 0) is 32.4 Å². The van der Waals surface area contributed by atoms with Gasteiger partial charge in [-0.1, -0.05) is 12.1 Å². The number of methoxy groups -OCH3 is 1. The topological polar surface area (TPSA) is 56.6 Å². The Bertz CT molecular complexity index is 726. The molecule has 6 heteroatoms. The van der Waals surface area contributed by atoms with Crippen molar-refractivity contribution >= 4 is 5.91 Å². The summed E-state index contributed by atoms with van der Waals surface area (Å²) < 4.78 is 12.6. The zero-order chi connectivity index (χ0) is 17.1. The first-order valence-electron chi connectivity index (χ1n) is 8.20. The van der Waals surface area contributed by atoms with Gasteiger partial charge >= 0.3 is 0 Å². The van der Waals surface area contributed by atoms with Crippen molar-refractivity contribution in [1.82, 2.24) is 14.7 Å². The lowest BCUT2D eigenvalue weighted by Crippen LogP contribution is -2.39. The molecule has 1 aliphatic heterocycles. The van der Waals surface area contributed by atoms with Crippen LogP contribution < -0.4 is 4.74 Å². The summed E-state index contributed by atoms with van der Waals surface area (Å²) in [6.07, 6.45) is 2.49. The monoisotopic (exact) mass is 329 g/mol. The molecule has 1 aromatic carbocycles. The maximum Gasteiger partial charge on any atom is 0.257 e. The van der Waals surface area contributed by atoms with Crippen LogP contribution in [0.5, 0.6) is 5.75 Å². The zero-order valence-corrected chi connectivity index (χ0v) is 14.4. The normalized spacial score (nSPS) is 18.3. The molecule has 1 unspecified atom stereocenters. The average Bonchev–Trinajstić information content (AvgIpc) is 2.84. The number of hydrogen-bond donors (Lipinski definition) is 0. The summed E-state index contributed by atoms with van der Waals surface area (Å²) in [5.74, 6) is 0.728. The molecule has 1 aliphatic rings. The third-order valence-corrected chi connectivity index (χ3v) is 4.50. The van der Waals surface area contributed by atoms with E-state index in [0.29, 0.717) is 25.3 Å². The van der Waals surface area contributed by atoms with E-state index in [2.05, 4.69) is 12.0 Å². The summed E-state index contributed by atoms with van der Waals surface area (Å²) in [5, 5.41) is 4.42. The minimum absolute atomic E-state index is 0.00616. The van der Waals surface area contributed by atoms with Crippen LogP contribution in [0.4, 0.5) is 0 Å². The molecular formula is C18H23N3O3. The molecule has 1 atom stereocenters. The summed E-state index contributed by atoms with van der Waals surface area (Å²) in [6, 6.07) is 7.80. The molecule has 24 heavy (non-hydrogen) atoms. The van der Waals surface area contributed by atoms with Gasteiger partial charge in [0.15, 0.2) is 0 Å². The quantitative estimate of drug-likeness (QED) is 0.868. The molecule has 0 radical (unpaired) electrons. The van der Waals surface area contributed by atoms with E-state index in [1.807, 2.05) is 36.1 Å². The van der Waals surface area contributed by atoms with Crippen LogP contribution in [0.25, 0.3) is 5.69 Å². The molecule has 128 valence electrons. The lowest BCUT2D eigenvalue weighted by atomic mass is 10.1. The Morgan fingerprint density at radius 1 is 1.33 bits per heavy atom. The average molecular weight is 329 g/mol. The van der Waals surface area contributed by atoms with E-state index < -0.39 is 0 Å². The molecule has 0 N–H and O–H groups in total. The van der Waals surface area contributed by atoms with Gasteiger partial charge in [-0.2, -0.15) is 5.10 Å². The molecular weight excluding hydrogens is 306 g/mol. The van der Waals surface area contributed by atoms with Crippen molar-refractivity contribution in [3.8, 4) is 11.4 Å². The highest BCUT2D eigenvalue weighted by molar-refractivity contribution is 5.95. The second-order valence-electron chi connectivity index (χ2n) is 5.98. The van der Waals surface area contributed by atoms with Gasteiger partial charge in [0.05, 0.1) is 31.2 Å². The Kier molecular flexibility index (Phi) is 4.85. The smallest absolute Gasteiger partial charge is 0.257 e. The van der Waals surface area contributed by atoms with Crippen LogP contribution >= 0.6 is 0 Å². The first kappa shape index (κ1) is 16.5. The predicted molar refractivity (Wildman–Crippen MR) is 90.8 cm³/mol. The molecule has 2 heterocycles. The van der Waals surface area contributed by atoms with E-state index in [1.54, 1.807) is 18.0 Å². The highest BCUT2D eigenvalue weighted by atomic mass is 16.5.